The van der Waals surface area contributed by atoms with E-state index in [9.17, 15) is 28.6 Å². The molecular formula is C31H42F2N2O6. The fourth-order valence-corrected chi connectivity index (χ4v) is 5.01. The van der Waals surface area contributed by atoms with Crippen molar-refractivity contribution in [1.29, 1.82) is 0 Å². The lowest BCUT2D eigenvalue weighted by atomic mass is 9.96. The van der Waals surface area contributed by atoms with Crippen LogP contribution in [0.3, 0.4) is 0 Å². The number of halogens is 2. The summed E-state index contributed by atoms with van der Waals surface area (Å²) in [5.74, 6) is -2.38. The Hall–Kier alpha value is -2.92. The Labute approximate surface area is 240 Å². The number of carbonyl (C=O) groups excluding carboxylic acids is 2. The Morgan fingerprint density at radius 1 is 1.00 bits per heavy atom. The third kappa shape index (κ3) is 9.85. The average Bonchev–Trinajstić information content (AvgIpc) is 2.94. The molecule has 0 aromatic heterocycles. The molecule has 1 fully saturated rings. The molecule has 0 bridgehead atoms. The van der Waals surface area contributed by atoms with E-state index in [-0.39, 0.29) is 36.2 Å². The molecule has 10 heteroatoms. The van der Waals surface area contributed by atoms with E-state index in [1.807, 2.05) is 13.8 Å². The zero-order chi connectivity index (χ0) is 29.9. The van der Waals surface area contributed by atoms with Crippen LogP contribution in [0.1, 0.15) is 71.4 Å². The summed E-state index contributed by atoms with van der Waals surface area (Å²) in [6.45, 7) is 7.84. The van der Waals surface area contributed by atoms with Crippen LogP contribution in [0.5, 0.6) is 0 Å². The summed E-state index contributed by atoms with van der Waals surface area (Å²) >= 11 is 0. The first-order chi connectivity index (χ1) is 19.6. The van der Waals surface area contributed by atoms with Crippen molar-refractivity contribution in [2.24, 2.45) is 0 Å². The molecule has 3 atom stereocenters. The summed E-state index contributed by atoms with van der Waals surface area (Å²) < 4.78 is 38.9. The predicted octanol–water partition coefficient (Wildman–Crippen LogP) is 3.79. The number of amides is 2. The second kappa shape index (κ2) is 15.9. The lowest BCUT2D eigenvalue weighted by molar-refractivity contribution is -0.0920. The molecular weight excluding hydrogens is 534 g/mol. The highest BCUT2D eigenvalue weighted by Crippen LogP contribution is 2.18. The smallest absolute Gasteiger partial charge is 0.253 e. The number of nitrogens with one attached hydrogen (secondary N) is 1. The molecule has 1 heterocycles. The molecule has 0 aliphatic carbocycles. The Bertz CT molecular complexity index is 1130. The second-order valence-electron chi connectivity index (χ2n) is 10.6. The van der Waals surface area contributed by atoms with Crippen LogP contribution in [0.2, 0.25) is 0 Å². The van der Waals surface area contributed by atoms with Gasteiger partial charge in [-0.15, -0.1) is 0 Å². The highest BCUT2D eigenvalue weighted by atomic mass is 19.1. The van der Waals surface area contributed by atoms with Crippen molar-refractivity contribution in [2.45, 2.75) is 77.2 Å². The fraction of sp³-hybridized carbons (Fsp3) is 0.548. The van der Waals surface area contributed by atoms with Crippen LogP contribution in [0, 0.1) is 18.6 Å². The zero-order valence-electron chi connectivity index (χ0n) is 24.1. The van der Waals surface area contributed by atoms with Crippen LogP contribution in [0.4, 0.5) is 8.78 Å². The van der Waals surface area contributed by atoms with E-state index in [1.165, 1.54) is 6.07 Å². The third-order valence-electron chi connectivity index (χ3n) is 7.03. The molecule has 1 saturated heterocycles. The SMILES string of the molecule is CCCN(CCC)C(=O)c1cc(C)cc(C(=O)N[C@@H](Cc2cc(F)cc(F)c2)[C@@H](O)[C@@H](O)COC2CCOCC2)c1. The summed E-state index contributed by atoms with van der Waals surface area (Å²) in [5.41, 5.74) is 1.45. The number of ether oxygens (including phenoxy) is 2. The van der Waals surface area contributed by atoms with E-state index >= 15 is 0 Å². The van der Waals surface area contributed by atoms with Gasteiger partial charge in [0, 0.05) is 43.5 Å². The fourth-order valence-electron chi connectivity index (χ4n) is 5.01. The maximum atomic E-state index is 13.9. The van der Waals surface area contributed by atoms with Crippen LogP contribution >= 0.6 is 0 Å². The lowest BCUT2D eigenvalue weighted by Crippen LogP contribution is -2.51. The minimum Gasteiger partial charge on any atom is -0.388 e. The third-order valence-corrected chi connectivity index (χ3v) is 7.03. The second-order valence-corrected chi connectivity index (χ2v) is 10.6. The number of aryl methyl sites for hydroxylation is 1. The van der Waals surface area contributed by atoms with Crippen LogP contribution in [0.25, 0.3) is 0 Å². The molecule has 0 unspecified atom stereocenters. The van der Waals surface area contributed by atoms with Crippen molar-refractivity contribution >= 4 is 11.8 Å². The van der Waals surface area contributed by atoms with Gasteiger partial charge in [-0.25, -0.2) is 8.78 Å². The highest BCUT2D eigenvalue weighted by Gasteiger charge is 2.30. The first kappa shape index (κ1) is 32.6. The largest absolute Gasteiger partial charge is 0.388 e. The number of rotatable bonds is 14. The normalized spacial score (nSPS) is 16.2. The van der Waals surface area contributed by atoms with Gasteiger partial charge in [0.05, 0.1) is 18.8 Å². The van der Waals surface area contributed by atoms with Crippen LogP contribution in [0.15, 0.2) is 36.4 Å². The number of aliphatic hydroxyl groups is 2. The molecule has 2 amide bonds. The van der Waals surface area contributed by atoms with Crippen LogP contribution in [-0.4, -0.2) is 84.2 Å². The summed E-state index contributed by atoms with van der Waals surface area (Å²) in [6.07, 6.45) is -0.263. The molecule has 3 N–H and O–H groups in total. The van der Waals surface area contributed by atoms with Crippen molar-refractivity contribution in [3.8, 4) is 0 Å². The first-order valence-corrected chi connectivity index (χ1v) is 14.3. The average molecular weight is 577 g/mol. The molecule has 0 saturated carbocycles. The minimum atomic E-state index is -1.51. The number of carbonyl (C=O) groups is 2. The molecule has 1 aliphatic heterocycles. The van der Waals surface area contributed by atoms with E-state index in [4.69, 9.17) is 9.47 Å². The van der Waals surface area contributed by atoms with E-state index < -0.39 is 35.8 Å². The summed E-state index contributed by atoms with van der Waals surface area (Å²) in [4.78, 5) is 28.4. The Kier molecular flexibility index (Phi) is 12.6. The van der Waals surface area contributed by atoms with Gasteiger partial charge in [-0.1, -0.05) is 13.8 Å². The lowest BCUT2D eigenvalue weighted by Gasteiger charge is -2.30. The number of nitrogens with zero attached hydrogens (tertiary/aromatic N) is 1. The standard InChI is InChI=1S/C31H42F2N2O6/c1-4-8-35(9-5-2)31(39)23-13-20(3)12-22(17-23)30(38)34-27(16-21-14-24(32)18-25(33)15-21)29(37)28(36)19-41-26-6-10-40-11-7-26/h12-15,17-18,26-29,36-37H,4-11,16,19H2,1-3H3,(H,34,38)/t27-,28-,29+/m0/s1. The molecule has 0 radical (unpaired) electrons. The molecule has 41 heavy (non-hydrogen) atoms. The van der Waals surface area contributed by atoms with E-state index in [0.717, 1.165) is 31.0 Å². The van der Waals surface area contributed by atoms with Gasteiger partial charge in [-0.05, 0) is 80.5 Å². The Balaban J connectivity index is 1.82. The van der Waals surface area contributed by atoms with Crippen molar-refractivity contribution < 1.29 is 38.1 Å². The molecule has 1 aliphatic rings. The number of hydrogen-bond acceptors (Lipinski definition) is 6. The van der Waals surface area contributed by atoms with Crippen molar-refractivity contribution in [3.05, 3.63) is 70.3 Å². The van der Waals surface area contributed by atoms with E-state index in [0.29, 0.717) is 50.3 Å². The maximum absolute atomic E-state index is 13.9. The van der Waals surface area contributed by atoms with Crippen molar-refractivity contribution in [2.75, 3.05) is 32.9 Å². The van der Waals surface area contributed by atoms with E-state index in [2.05, 4.69) is 5.32 Å². The quantitative estimate of drug-likeness (QED) is 0.316. The molecule has 2 aromatic carbocycles. The van der Waals surface area contributed by atoms with Crippen molar-refractivity contribution in [1.82, 2.24) is 10.2 Å². The Morgan fingerprint density at radius 2 is 1.61 bits per heavy atom. The first-order valence-electron chi connectivity index (χ1n) is 14.3. The van der Waals surface area contributed by atoms with Gasteiger partial charge in [0.15, 0.2) is 0 Å². The van der Waals surface area contributed by atoms with E-state index in [1.54, 1.807) is 24.0 Å². The number of aliphatic hydroxyl groups excluding tert-OH is 2. The van der Waals surface area contributed by atoms with Gasteiger partial charge in [0.25, 0.3) is 11.8 Å². The van der Waals surface area contributed by atoms with Crippen molar-refractivity contribution in [3.63, 3.8) is 0 Å². The molecule has 226 valence electrons. The van der Waals surface area contributed by atoms with Gasteiger partial charge in [0.2, 0.25) is 0 Å². The monoisotopic (exact) mass is 576 g/mol. The summed E-state index contributed by atoms with van der Waals surface area (Å²) in [5, 5.41) is 24.5. The predicted molar refractivity (Wildman–Crippen MR) is 151 cm³/mol. The van der Waals surface area contributed by atoms with Crippen LogP contribution < -0.4 is 5.32 Å². The maximum Gasteiger partial charge on any atom is 0.253 e. The topological polar surface area (TPSA) is 108 Å². The van der Waals surface area contributed by atoms with Crippen LogP contribution in [-0.2, 0) is 15.9 Å². The van der Waals surface area contributed by atoms with Gasteiger partial charge in [0.1, 0.15) is 23.8 Å². The van der Waals surface area contributed by atoms with Gasteiger partial charge in [-0.3, -0.25) is 9.59 Å². The molecule has 0 spiro atoms. The zero-order valence-corrected chi connectivity index (χ0v) is 24.1. The minimum absolute atomic E-state index is 0.126. The highest BCUT2D eigenvalue weighted by molar-refractivity contribution is 6.00. The van der Waals surface area contributed by atoms with Gasteiger partial charge >= 0.3 is 0 Å². The number of hydrogen-bond donors (Lipinski definition) is 3. The Morgan fingerprint density at radius 3 is 2.22 bits per heavy atom. The molecule has 8 nitrogen and oxygen atoms in total. The number of benzene rings is 2. The molecule has 2 aromatic rings. The summed E-state index contributed by atoms with van der Waals surface area (Å²) in [6, 6.07) is 6.67. The van der Waals surface area contributed by atoms with Gasteiger partial charge < -0.3 is 29.9 Å². The van der Waals surface area contributed by atoms with Gasteiger partial charge in [-0.2, -0.15) is 0 Å². The summed E-state index contributed by atoms with van der Waals surface area (Å²) in [7, 11) is 0. The molecule has 3 rings (SSSR count).